The predicted molar refractivity (Wildman–Crippen MR) is 45.4 cm³/mol. The minimum absolute atomic E-state index is 0.0703. The van der Waals surface area contributed by atoms with E-state index < -0.39 is 5.82 Å². The monoisotopic (exact) mass is 229 g/mol. The Kier molecular flexibility index (Phi) is 2.66. The summed E-state index contributed by atoms with van der Waals surface area (Å²) < 4.78 is 18.0. The Morgan fingerprint density at radius 3 is 2.75 bits per heavy atom. The molecule has 0 fully saturated rings. The number of nitriles is 1. The van der Waals surface area contributed by atoms with E-state index in [0.717, 1.165) is 0 Å². The van der Waals surface area contributed by atoms with E-state index in [1.807, 2.05) is 6.07 Å². The standard InChI is InChI=1S/C8H5BrFNO/c1-12-7-3-5(4-11)2-6(9)8(7)10/h2-3H,1H3. The highest BCUT2D eigenvalue weighted by Gasteiger charge is 2.08. The zero-order chi connectivity index (χ0) is 9.14. The Labute approximate surface area is 77.7 Å². The first-order chi connectivity index (χ1) is 5.69. The largest absolute Gasteiger partial charge is 0.494 e. The molecule has 1 aromatic rings. The molecule has 0 unspecified atom stereocenters. The molecule has 0 saturated heterocycles. The van der Waals surface area contributed by atoms with Gasteiger partial charge in [0.25, 0.3) is 0 Å². The molecule has 0 atom stereocenters. The maximum absolute atomic E-state index is 13.0. The van der Waals surface area contributed by atoms with Gasteiger partial charge in [0, 0.05) is 6.07 Å². The highest BCUT2D eigenvalue weighted by Crippen LogP contribution is 2.26. The van der Waals surface area contributed by atoms with Crippen LogP contribution in [0, 0.1) is 17.1 Å². The van der Waals surface area contributed by atoms with E-state index >= 15 is 0 Å². The van der Waals surface area contributed by atoms with Crippen molar-refractivity contribution >= 4 is 15.9 Å². The molecular formula is C8H5BrFNO. The van der Waals surface area contributed by atoms with Crippen LogP contribution in [0.25, 0.3) is 0 Å². The second kappa shape index (κ2) is 3.55. The summed E-state index contributed by atoms with van der Waals surface area (Å²) in [5, 5.41) is 8.52. The quantitative estimate of drug-likeness (QED) is 0.742. The van der Waals surface area contributed by atoms with Crippen molar-refractivity contribution in [3.05, 3.63) is 28.0 Å². The summed E-state index contributed by atoms with van der Waals surface area (Å²) in [4.78, 5) is 0. The smallest absolute Gasteiger partial charge is 0.179 e. The molecule has 1 rings (SSSR count). The number of methoxy groups -OCH3 is 1. The van der Waals surface area contributed by atoms with Gasteiger partial charge in [-0.1, -0.05) is 0 Å². The van der Waals surface area contributed by atoms with Crippen molar-refractivity contribution in [1.29, 1.82) is 5.26 Å². The predicted octanol–water partition coefficient (Wildman–Crippen LogP) is 2.47. The molecule has 4 heteroatoms. The van der Waals surface area contributed by atoms with Gasteiger partial charge >= 0.3 is 0 Å². The van der Waals surface area contributed by atoms with Gasteiger partial charge in [0.05, 0.1) is 23.2 Å². The number of hydrogen-bond donors (Lipinski definition) is 0. The van der Waals surface area contributed by atoms with Gasteiger partial charge in [0.1, 0.15) is 0 Å². The van der Waals surface area contributed by atoms with Gasteiger partial charge in [-0.25, -0.2) is 4.39 Å². The van der Waals surface area contributed by atoms with Gasteiger partial charge in [-0.05, 0) is 22.0 Å². The topological polar surface area (TPSA) is 33.0 Å². The van der Waals surface area contributed by atoms with Gasteiger partial charge in [-0.3, -0.25) is 0 Å². The molecule has 1 aromatic carbocycles. The fourth-order valence-electron chi connectivity index (χ4n) is 0.777. The molecule has 0 N–H and O–H groups in total. The van der Waals surface area contributed by atoms with Gasteiger partial charge in [-0.15, -0.1) is 0 Å². The molecular weight excluding hydrogens is 225 g/mol. The van der Waals surface area contributed by atoms with Gasteiger partial charge in [0.2, 0.25) is 0 Å². The minimum atomic E-state index is -0.489. The van der Waals surface area contributed by atoms with E-state index in [4.69, 9.17) is 10.00 Å². The van der Waals surface area contributed by atoms with Crippen LogP contribution in [0.3, 0.4) is 0 Å². The van der Waals surface area contributed by atoms with Crippen LogP contribution in [0.4, 0.5) is 4.39 Å². The second-order valence-electron chi connectivity index (χ2n) is 2.09. The molecule has 0 bridgehead atoms. The highest BCUT2D eigenvalue weighted by atomic mass is 79.9. The molecule has 12 heavy (non-hydrogen) atoms. The lowest BCUT2D eigenvalue weighted by Crippen LogP contribution is -1.90. The lowest BCUT2D eigenvalue weighted by Gasteiger charge is -2.02. The minimum Gasteiger partial charge on any atom is -0.494 e. The first-order valence-electron chi connectivity index (χ1n) is 3.12. The van der Waals surface area contributed by atoms with Crippen LogP contribution in [0.15, 0.2) is 16.6 Å². The molecule has 0 aliphatic carbocycles. The molecule has 2 nitrogen and oxygen atoms in total. The van der Waals surface area contributed by atoms with Crippen LogP contribution in [0.5, 0.6) is 5.75 Å². The van der Waals surface area contributed by atoms with Crippen LogP contribution < -0.4 is 4.74 Å². The molecule has 0 amide bonds. The van der Waals surface area contributed by atoms with Crippen LogP contribution in [0.2, 0.25) is 0 Å². The summed E-state index contributed by atoms with van der Waals surface area (Å²) >= 11 is 2.97. The molecule has 62 valence electrons. The maximum atomic E-state index is 13.0. The van der Waals surface area contributed by atoms with Gasteiger partial charge < -0.3 is 4.74 Å². The van der Waals surface area contributed by atoms with Crippen molar-refractivity contribution in [1.82, 2.24) is 0 Å². The number of ether oxygens (including phenoxy) is 1. The van der Waals surface area contributed by atoms with E-state index in [2.05, 4.69) is 15.9 Å². The number of hydrogen-bond acceptors (Lipinski definition) is 2. The Balaban J connectivity index is 3.31. The number of rotatable bonds is 1. The average Bonchev–Trinajstić information content (AvgIpc) is 2.09. The average molecular weight is 230 g/mol. The van der Waals surface area contributed by atoms with Gasteiger partial charge in [0.15, 0.2) is 11.6 Å². The number of nitrogens with zero attached hydrogens (tertiary/aromatic N) is 1. The summed E-state index contributed by atoms with van der Waals surface area (Å²) in [5.74, 6) is -0.419. The summed E-state index contributed by atoms with van der Waals surface area (Å²) in [6.45, 7) is 0. The molecule has 0 spiro atoms. The fourth-order valence-corrected chi connectivity index (χ4v) is 1.22. The van der Waals surface area contributed by atoms with Crippen molar-refractivity contribution in [2.75, 3.05) is 7.11 Å². The Morgan fingerprint density at radius 2 is 2.25 bits per heavy atom. The maximum Gasteiger partial charge on any atom is 0.179 e. The fraction of sp³-hybridized carbons (Fsp3) is 0.125. The molecule has 0 heterocycles. The Hall–Kier alpha value is -1.08. The number of benzene rings is 1. The first-order valence-corrected chi connectivity index (χ1v) is 3.91. The summed E-state index contributed by atoms with van der Waals surface area (Å²) in [6.07, 6.45) is 0. The highest BCUT2D eigenvalue weighted by molar-refractivity contribution is 9.10. The van der Waals surface area contributed by atoms with E-state index in [1.165, 1.54) is 19.2 Å². The third kappa shape index (κ3) is 1.56. The van der Waals surface area contributed by atoms with Crippen LogP contribution >= 0.6 is 15.9 Å². The summed E-state index contributed by atoms with van der Waals surface area (Å²) in [7, 11) is 1.35. The lowest BCUT2D eigenvalue weighted by atomic mass is 10.2. The van der Waals surface area contributed by atoms with Crippen molar-refractivity contribution in [2.24, 2.45) is 0 Å². The Morgan fingerprint density at radius 1 is 1.58 bits per heavy atom. The zero-order valence-electron chi connectivity index (χ0n) is 6.27. The van der Waals surface area contributed by atoms with E-state index in [9.17, 15) is 4.39 Å². The normalized spacial score (nSPS) is 9.17. The third-order valence-corrected chi connectivity index (χ3v) is 1.92. The summed E-state index contributed by atoms with van der Waals surface area (Å²) in [5.41, 5.74) is 0.361. The number of halogens is 2. The van der Waals surface area contributed by atoms with E-state index in [-0.39, 0.29) is 10.2 Å². The first kappa shape index (κ1) is 9.01. The van der Waals surface area contributed by atoms with E-state index in [1.54, 1.807) is 0 Å². The molecule has 0 aromatic heterocycles. The van der Waals surface area contributed by atoms with Crippen molar-refractivity contribution in [3.63, 3.8) is 0 Å². The van der Waals surface area contributed by atoms with Crippen molar-refractivity contribution in [2.45, 2.75) is 0 Å². The molecule has 0 aliphatic heterocycles. The summed E-state index contributed by atoms with van der Waals surface area (Å²) in [6, 6.07) is 4.64. The van der Waals surface area contributed by atoms with Gasteiger partial charge in [-0.2, -0.15) is 5.26 Å². The van der Waals surface area contributed by atoms with Crippen molar-refractivity contribution in [3.8, 4) is 11.8 Å². The van der Waals surface area contributed by atoms with Crippen molar-refractivity contribution < 1.29 is 9.13 Å². The third-order valence-electron chi connectivity index (χ3n) is 1.34. The lowest BCUT2D eigenvalue weighted by molar-refractivity contribution is 0.385. The van der Waals surface area contributed by atoms with E-state index in [0.29, 0.717) is 5.56 Å². The molecule has 0 saturated carbocycles. The SMILES string of the molecule is COc1cc(C#N)cc(Br)c1F. The zero-order valence-corrected chi connectivity index (χ0v) is 7.85. The van der Waals surface area contributed by atoms with Crippen LogP contribution in [0.1, 0.15) is 5.56 Å². The molecule has 0 radical (unpaired) electrons. The van der Waals surface area contributed by atoms with Crippen LogP contribution in [-0.4, -0.2) is 7.11 Å². The van der Waals surface area contributed by atoms with Crippen LogP contribution in [-0.2, 0) is 0 Å². The Bertz CT molecular complexity index is 346. The molecule has 0 aliphatic rings. The second-order valence-corrected chi connectivity index (χ2v) is 2.94.